The third-order valence-corrected chi connectivity index (χ3v) is 3.53. The Morgan fingerprint density at radius 2 is 1.79 bits per heavy atom. The van der Waals surface area contributed by atoms with Crippen LogP contribution in [0.3, 0.4) is 0 Å². The average molecular weight is 243 g/mol. The molecule has 0 atom stereocenters. The second kappa shape index (κ2) is 4.35. The Balaban J connectivity index is 2.23. The SMILES string of the molecule is Clc1cc(Cc2ccccc2)c(Cl)s1. The van der Waals surface area contributed by atoms with E-state index in [2.05, 4.69) is 12.1 Å². The van der Waals surface area contributed by atoms with E-state index in [4.69, 9.17) is 23.2 Å². The molecule has 0 aliphatic rings. The number of hydrogen-bond acceptors (Lipinski definition) is 1. The van der Waals surface area contributed by atoms with Gasteiger partial charge in [-0.2, -0.15) is 0 Å². The highest BCUT2D eigenvalue weighted by atomic mass is 35.5. The second-order valence-electron chi connectivity index (χ2n) is 3.01. The highest BCUT2D eigenvalue weighted by Gasteiger charge is 2.05. The van der Waals surface area contributed by atoms with Crippen LogP contribution >= 0.6 is 34.5 Å². The van der Waals surface area contributed by atoms with Crippen molar-refractivity contribution in [3.8, 4) is 0 Å². The van der Waals surface area contributed by atoms with Gasteiger partial charge in [0.05, 0.1) is 8.67 Å². The zero-order valence-corrected chi connectivity index (χ0v) is 9.66. The Morgan fingerprint density at radius 3 is 2.36 bits per heavy atom. The van der Waals surface area contributed by atoms with E-state index in [-0.39, 0.29) is 0 Å². The molecule has 0 fully saturated rings. The van der Waals surface area contributed by atoms with Crippen LogP contribution < -0.4 is 0 Å². The molecule has 0 nitrogen and oxygen atoms in total. The minimum atomic E-state index is 0.751. The van der Waals surface area contributed by atoms with Gasteiger partial charge in [-0.05, 0) is 23.6 Å². The summed E-state index contributed by atoms with van der Waals surface area (Å²) in [7, 11) is 0. The van der Waals surface area contributed by atoms with Gasteiger partial charge >= 0.3 is 0 Å². The first-order valence-electron chi connectivity index (χ1n) is 4.23. The summed E-state index contributed by atoms with van der Waals surface area (Å²) in [6, 6.07) is 12.2. The van der Waals surface area contributed by atoms with E-state index >= 15 is 0 Å². The van der Waals surface area contributed by atoms with Crippen molar-refractivity contribution in [1.29, 1.82) is 0 Å². The maximum Gasteiger partial charge on any atom is 0.0979 e. The maximum absolute atomic E-state index is 6.03. The highest BCUT2D eigenvalue weighted by molar-refractivity contribution is 7.20. The molecule has 2 rings (SSSR count). The van der Waals surface area contributed by atoms with Crippen LogP contribution in [0.2, 0.25) is 8.67 Å². The summed E-state index contributed by atoms with van der Waals surface area (Å²) in [5, 5.41) is 0. The van der Waals surface area contributed by atoms with Crippen molar-refractivity contribution in [2.75, 3.05) is 0 Å². The molecule has 1 aromatic carbocycles. The van der Waals surface area contributed by atoms with E-state index in [1.807, 2.05) is 24.3 Å². The molecule has 2 aromatic rings. The molecule has 0 spiro atoms. The molecular weight excluding hydrogens is 235 g/mol. The minimum Gasteiger partial charge on any atom is -0.111 e. The first-order valence-corrected chi connectivity index (χ1v) is 5.80. The van der Waals surface area contributed by atoms with Gasteiger partial charge in [0, 0.05) is 0 Å². The van der Waals surface area contributed by atoms with Crippen LogP contribution in [0.25, 0.3) is 0 Å². The molecule has 0 saturated heterocycles. The van der Waals surface area contributed by atoms with Crippen LogP contribution in [0, 0.1) is 0 Å². The van der Waals surface area contributed by atoms with Gasteiger partial charge in [0.1, 0.15) is 0 Å². The summed E-state index contributed by atoms with van der Waals surface area (Å²) < 4.78 is 1.54. The molecule has 0 unspecified atom stereocenters. The summed E-state index contributed by atoms with van der Waals surface area (Å²) in [4.78, 5) is 0. The standard InChI is InChI=1S/C11H8Cl2S/c12-10-7-9(11(13)14-10)6-8-4-2-1-3-5-8/h1-5,7H,6H2. The van der Waals surface area contributed by atoms with Crippen molar-refractivity contribution in [3.05, 3.63) is 56.2 Å². The van der Waals surface area contributed by atoms with Gasteiger partial charge in [-0.1, -0.05) is 53.5 Å². The third-order valence-electron chi connectivity index (χ3n) is 1.96. The number of thiophene rings is 1. The summed E-state index contributed by atoms with van der Waals surface area (Å²) in [5.41, 5.74) is 2.36. The van der Waals surface area contributed by atoms with E-state index < -0.39 is 0 Å². The number of halogens is 2. The Hall–Kier alpha value is -0.500. The third kappa shape index (κ3) is 2.30. The fraction of sp³-hybridized carbons (Fsp3) is 0.0909. The Bertz CT molecular complexity index is 420. The van der Waals surface area contributed by atoms with Crippen LogP contribution in [-0.2, 0) is 6.42 Å². The van der Waals surface area contributed by atoms with E-state index in [9.17, 15) is 0 Å². The second-order valence-corrected chi connectivity index (χ2v) is 5.30. The van der Waals surface area contributed by atoms with Crippen molar-refractivity contribution < 1.29 is 0 Å². The lowest BCUT2D eigenvalue weighted by Gasteiger charge is -1.98. The molecule has 0 saturated carbocycles. The molecular formula is C11H8Cl2S. The van der Waals surface area contributed by atoms with Gasteiger partial charge in [-0.3, -0.25) is 0 Å². The zero-order chi connectivity index (χ0) is 9.97. The van der Waals surface area contributed by atoms with Crippen LogP contribution in [0.5, 0.6) is 0 Å². The van der Waals surface area contributed by atoms with Crippen molar-refractivity contribution in [3.63, 3.8) is 0 Å². The molecule has 0 aliphatic heterocycles. The average Bonchev–Trinajstić information content (AvgIpc) is 2.47. The predicted molar refractivity (Wildman–Crippen MR) is 63.6 cm³/mol. The summed E-state index contributed by atoms with van der Waals surface area (Å²) in [6.45, 7) is 0. The van der Waals surface area contributed by atoms with Crippen molar-refractivity contribution >= 4 is 34.5 Å². The van der Waals surface area contributed by atoms with E-state index in [1.54, 1.807) is 0 Å². The van der Waals surface area contributed by atoms with E-state index in [0.29, 0.717) is 0 Å². The Morgan fingerprint density at radius 1 is 1.07 bits per heavy atom. The van der Waals surface area contributed by atoms with Gasteiger partial charge in [0.2, 0.25) is 0 Å². The molecule has 1 heterocycles. The molecule has 3 heteroatoms. The molecule has 0 amide bonds. The quantitative estimate of drug-likeness (QED) is 0.720. The van der Waals surface area contributed by atoms with Crippen LogP contribution in [0.1, 0.15) is 11.1 Å². The molecule has 0 bridgehead atoms. The molecule has 1 aromatic heterocycles. The van der Waals surface area contributed by atoms with Crippen LogP contribution in [0.4, 0.5) is 0 Å². The summed E-state index contributed by atoms with van der Waals surface area (Å²) >= 11 is 13.3. The van der Waals surface area contributed by atoms with Gasteiger partial charge < -0.3 is 0 Å². The number of hydrogen-bond donors (Lipinski definition) is 0. The first-order chi connectivity index (χ1) is 6.75. The monoisotopic (exact) mass is 242 g/mol. The van der Waals surface area contributed by atoms with Crippen LogP contribution in [0.15, 0.2) is 36.4 Å². The Kier molecular flexibility index (Phi) is 3.12. The van der Waals surface area contributed by atoms with Crippen molar-refractivity contribution in [2.24, 2.45) is 0 Å². The van der Waals surface area contributed by atoms with E-state index in [1.165, 1.54) is 16.9 Å². The predicted octanol–water partition coefficient (Wildman–Crippen LogP) is 4.65. The summed E-state index contributed by atoms with van der Waals surface area (Å²) in [6.07, 6.45) is 0.850. The largest absolute Gasteiger partial charge is 0.111 e. The van der Waals surface area contributed by atoms with Gasteiger partial charge in [-0.15, -0.1) is 11.3 Å². The highest BCUT2D eigenvalue weighted by Crippen LogP contribution is 2.32. The number of benzene rings is 1. The van der Waals surface area contributed by atoms with Gasteiger partial charge in [0.25, 0.3) is 0 Å². The zero-order valence-electron chi connectivity index (χ0n) is 7.34. The molecule has 14 heavy (non-hydrogen) atoms. The molecule has 0 radical (unpaired) electrons. The first kappa shape index (κ1) is 10.0. The fourth-order valence-electron chi connectivity index (χ4n) is 1.31. The Labute approximate surface area is 97.1 Å². The molecule has 0 aliphatic carbocycles. The lowest BCUT2D eigenvalue weighted by molar-refractivity contribution is 1.21. The van der Waals surface area contributed by atoms with Gasteiger partial charge in [-0.25, -0.2) is 0 Å². The summed E-state index contributed by atoms with van der Waals surface area (Å²) in [5.74, 6) is 0. The minimum absolute atomic E-state index is 0.751. The van der Waals surface area contributed by atoms with E-state index in [0.717, 1.165) is 20.7 Å². The molecule has 0 N–H and O–H groups in total. The normalized spacial score (nSPS) is 10.4. The lowest BCUT2D eigenvalue weighted by Crippen LogP contribution is -1.84. The fourth-order valence-corrected chi connectivity index (χ4v) is 2.80. The van der Waals surface area contributed by atoms with Gasteiger partial charge in [0.15, 0.2) is 0 Å². The topological polar surface area (TPSA) is 0 Å². The van der Waals surface area contributed by atoms with Crippen molar-refractivity contribution in [1.82, 2.24) is 0 Å². The lowest BCUT2D eigenvalue weighted by atomic mass is 10.1. The maximum atomic E-state index is 6.03. The molecule has 72 valence electrons. The van der Waals surface area contributed by atoms with Crippen LogP contribution in [-0.4, -0.2) is 0 Å². The number of rotatable bonds is 2. The smallest absolute Gasteiger partial charge is 0.0979 e. The van der Waals surface area contributed by atoms with Crippen molar-refractivity contribution in [2.45, 2.75) is 6.42 Å².